The van der Waals surface area contributed by atoms with Crippen LogP contribution in [0.2, 0.25) is 0 Å². The summed E-state index contributed by atoms with van der Waals surface area (Å²) in [6.45, 7) is 2.23. The van der Waals surface area contributed by atoms with Gasteiger partial charge in [-0.2, -0.15) is 0 Å². The average molecular weight is 370 g/mol. The van der Waals surface area contributed by atoms with Crippen LogP contribution in [0.15, 0.2) is 30.3 Å². The summed E-state index contributed by atoms with van der Waals surface area (Å²) in [7, 11) is 3.08. The van der Waals surface area contributed by atoms with E-state index in [1.165, 1.54) is 7.11 Å². The van der Waals surface area contributed by atoms with Gasteiger partial charge in [0.2, 0.25) is 0 Å². The molecule has 1 unspecified atom stereocenters. The first-order chi connectivity index (χ1) is 12.9. The molecule has 1 amide bonds. The minimum atomic E-state index is -0.974. The highest BCUT2D eigenvalue weighted by molar-refractivity contribution is 5.93. The molecule has 0 aliphatic carbocycles. The molecule has 1 aromatic carbocycles. The lowest BCUT2D eigenvalue weighted by molar-refractivity contribution is -0.138. The van der Waals surface area contributed by atoms with Crippen LogP contribution in [0.5, 0.6) is 11.5 Å². The van der Waals surface area contributed by atoms with Gasteiger partial charge in [0, 0.05) is 12.2 Å². The first kappa shape index (κ1) is 18.7. The number of amides is 1. The smallest absolute Gasteiger partial charge is 0.305 e. The molecular weight excluding hydrogens is 348 g/mol. The molecule has 0 fully saturated rings. The second-order valence-electron chi connectivity index (χ2n) is 6.43. The minimum Gasteiger partial charge on any atom is -0.493 e. The van der Waals surface area contributed by atoms with Crippen molar-refractivity contribution < 1.29 is 24.2 Å². The van der Waals surface area contributed by atoms with Crippen molar-refractivity contribution in [1.82, 2.24) is 9.88 Å². The third-order valence-corrected chi connectivity index (χ3v) is 4.74. The summed E-state index contributed by atoms with van der Waals surface area (Å²) in [6.07, 6.45) is 0.406. The second kappa shape index (κ2) is 7.65. The van der Waals surface area contributed by atoms with E-state index >= 15 is 0 Å². The van der Waals surface area contributed by atoms with Crippen molar-refractivity contribution in [2.24, 2.45) is 0 Å². The van der Waals surface area contributed by atoms with E-state index in [1.807, 2.05) is 19.1 Å². The Bertz CT molecular complexity index is 881. The molecule has 1 aliphatic heterocycles. The van der Waals surface area contributed by atoms with Crippen LogP contribution < -0.4 is 9.47 Å². The topological polar surface area (TPSA) is 89.0 Å². The van der Waals surface area contributed by atoms with E-state index in [0.717, 1.165) is 16.8 Å². The first-order valence-corrected chi connectivity index (χ1v) is 8.65. The van der Waals surface area contributed by atoms with Gasteiger partial charge < -0.3 is 19.5 Å². The number of pyridine rings is 1. The van der Waals surface area contributed by atoms with E-state index in [1.54, 1.807) is 30.2 Å². The van der Waals surface area contributed by atoms with Crippen molar-refractivity contribution in [1.29, 1.82) is 0 Å². The Labute approximate surface area is 157 Å². The molecule has 1 aliphatic rings. The monoisotopic (exact) mass is 370 g/mol. The fourth-order valence-electron chi connectivity index (χ4n) is 3.47. The number of hydrogen-bond donors (Lipinski definition) is 1. The number of hydrogen-bond acceptors (Lipinski definition) is 5. The average Bonchev–Trinajstić information content (AvgIpc) is 2.66. The molecule has 0 saturated heterocycles. The summed E-state index contributed by atoms with van der Waals surface area (Å²) in [4.78, 5) is 30.4. The molecule has 0 radical (unpaired) electrons. The summed E-state index contributed by atoms with van der Waals surface area (Å²) < 4.78 is 10.7. The van der Waals surface area contributed by atoms with Gasteiger partial charge in [-0.25, -0.2) is 4.98 Å². The highest BCUT2D eigenvalue weighted by Gasteiger charge is 2.34. The van der Waals surface area contributed by atoms with Crippen molar-refractivity contribution in [3.8, 4) is 11.5 Å². The van der Waals surface area contributed by atoms with Crippen LogP contribution in [0.25, 0.3) is 0 Å². The van der Waals surface area contributed by atoms with Crippen LogP contribution in [0.4, 0.5) is 0 Å². The van der Waals surface area contributed by atoms with Crippen molar-refractivity contribution in [3.05, 3.63) is 52.8 Å². The van der Waals surface area contributed by atoms with Crippen molar-refractivity contribution >= 4 is 11.9 Å². The van der Waals surface area contributed by atoms with Gasteiger partial charge in [0.25, 0.3) is 5.91 Å². The summed E-state index contributed by atoms with van der Waals surface area (Å²) >= 11 is 0. The highest BCUT2D eigenvalue weighted by Crippen LogP contribution is 2.39. The molecular formula is C20H22N2O5. The van der Waals surface area contributed by atoms with Crippen LogP contribution in [-0.2, 0) is 11.2 Å². The van der Waals surface area contributed by atoms with Gasteiger partial charge in [-0.05, 0) is 48.7 Å². The number of carboxylic acids is 1. The van der Waals surface area contributed by atoms with E-state index in [0.29, 0.717) is 30.2 Å². The number of aliphatic carboxylic acids is 1. The lowest BCUT2D eigenvalue weighted by Gasteiger charge is -2.37. The molecule has 1 atom stereocenters. The van der Waals surface area contributed by atoms with Crippen molar-refractivity contribution in [2.45, 2.75) is 25.8 Å². The van der Waals surface area contributed by atoms with Crippen LogP contribution in [0.3, 0.4) is 0 Å². The van der Waals surface area contributed by atoms with E-state index in [9.17, 15) is 14.7 Å². The van der Waals surface area contributed by atoms with E-state index in [2.05, 4.69) is 4.98 Å². The minimum absolute atomic E-state index is 0.194. The van der Waals surface area contributed by atoms with Gasteiger partial charge in [0.15, 0.2) is 11.5 Å². The Morgan fingerprint density at radius 1 is 1.22 bits per heavy atom. The zero-order chi connectivity index (χ0) is 19.6. The maximum atomic E-state index is 13.0. The number of benzene rings is 1. The van der Waals surface area contributed by atoms with Crippen LogP contribution in [0, 0.1) is 6.92 Å². The number of ether oxygens (including phenoxy) is 2. The number of fused-ring (bicyclic) bond motifs is 1. The van der Waals surface area contributed by atoms with E-state index < -0.39 is 12.0 Å². The highest BCUT2D eigenvalue weighted by atomic mass is 16.5. The zero-order valence-electron chi connectivity index (χ0n) is 15.6. The maximum Gasteiger partial charge on any atom is 0.305 e. The lowest BCUT2D eigenvalue weighted by atomic mass is 9.89. The predicted octanol–water partition coefficient (Wildman–Crippen LogP) is 2.62. The fraction of sp³-hybridized carbons (Fsp3) is 0.350. The molecule has 1 N–H and O–H groups in total. The summed E-state index contributed by atoms with van der Waals surface area (Å²) in [6, 6.07) is 8.26. The summed E-state index contributed by atoms with van der Waals surface area (Å²) in [5.74, 6) is -0.150. The standard InChI is InChI=1S/C20H22N2O5/c1-12-5-4-6-15(21-12)20(25)22-8-7-13-9-17(26-2)18(27-3)10-14(13)16(22)11-19(23)24/h4-6,9-10,16H,7-8,11H2,1-3H3,(H,23,24). The first-order valence-electron chi connectivity index (χ1n) is 8.65. The Kier molecular flexibility index (Phi) is 5.30. The molecule has 3 rings (SSSR count). The Morgan fingerprint density at radius 2 is 1.93 bits per heavy atom. The number of carboxylic acid groups (broad SMARTS) is 1. The molecule has 1 aromatic heterocycles. The number of aromatic nitrogens is 1. The second-order valence-corrected chi connectivity index (χ2v) is 6.43. The Morgan fingerprint density at radius 3 is 2.56 bits per heavy atom. The van der Waals surface area contributed by atoms with E-state index in [4.69, 9.17) is 9.47 Å². The Balaban J connectivity index is 2.04. The zero-order valence-corrected chi connectivity index (χ0v) is 15.6. The molecule has 0 spiro atoms. The molecule has 0 saturated carbocycles. The normalized spacial score (nSPS) is 15.8. The van der Waals surface area contributed by atoms with Crippen LogP contribution >= 0.6 is 0 Å². The number of carbonyl (C=O) groups excluding carboxylic acids is 1. The maximum absolute atomic E-state index is 13.0. The van der Waals surface area contributed by atoms with Gasteiger partial charge in [-0.1, -0.05) is 6.07 Å². The van der Waals surface area contributed by atoms with Crippen molar-refractivity contribution in [3.63, 3.8) is 0 Å². The van der Waals surface area contributed by atoms with Gasteiger partial charge >= 0.3 is 5.97 Å². The summed E-state index contributed by atoms with van der Waals surface area (Å²) in [5.41, 5.74) is 2.77. The largest absolute Gasteiger partial charge is 0.493 e. The Hall–Kier alpha value is -3.09. The number of carbonyl (C=O) groups is 2. The molecule has 0 bridgehead atoms. The van der Waals surface area contributed by atoms with Crippen LogP contribution in [0.1, 0.15) is 39.8 Å². The SMILES string of the molecule is COc1cc2c(cc1OC)C(CC(=O)O)N(C(=O)c1cccc(C)n1)CC2. The third kappa shape index (κ3) is 3.72. The van der Waals surface area contributed by atoms with Gasteiger partial charge in [-0.15, -0.1) is 0 Å². The molecule has 2 heterocycles. The molecule has 2 aromatic rings. The molecule has 7 nitrogen and oxygen atoms in total. The number of aryl methyl sites for hydroxylation is 1. The van der Waals surface area contributed by atoms with Gasteiger partial charge in [0.1, 0.15) is 5.69 Å². The molecule has 142 valence electrons. The summed E-state index contributed by atoms with van der Waals surface area (Å²) in [5, 5.41) is 9.42. The fourth-order valence-corrected chi connectivity index (χ4v) is 3.47. The molecule has 7 heteroatoms. The predicted molar refractivity (Wildman–Crippen MR) is 98.3 cm³/mol. The molecule has 27 heavy (non-hydrogen) atoms. The van der Waals surface area contributed by atoms with Crippen molar-refractivity contribution in [2.75, 3.05) is 20.8 Å². The lowest BCUT2D eigenvalue weighted by Crippen LogP contribution is -2.41. The van der Waals surface area contributed by atoms with Gasteiger partial charge in [0.05, 0.1) is 26.7 Å². The number of rotatable bonds is 5. The quantitative estimate of drug-likeness (QED) is 0.870. The number of nitrogens with zero attached hydrogens (tertiary/aromatic N) is 2. The number of methoxy groups -OCH3 is 2. The third-order valence-electron chi connectivity index (χ3n) is 4.74. The van der Waals surface area contributed by atoms with Gasteiger partial charge in [-0.3, -0.25) is 9.59 Å². The van der Waals surface area contributed by atoms with E-state index in [-0.39, 0.29) is 12.3 Å². The van der Waals surface area contributed by atoms with Crippen LogP contribution in [-0.4, -0.2) is 47.6 Å².